The quantitative estimate of drug-likeness (QED) is 0.754. The van der Waals surface area contributed by atoms with Gasteiger partial charge in [-0.15, -0.1) is 0 Å². The van der Waals surface area contributed by atoms with Gasteiger partial charge in [-0.25, -0.2) is 17.9 Å². The number of methoxy groups -OCH3 is 1. The molecule has 0 saturated heterocycles. The van der Waals surface area contributed by atoms with Crippen molar-refractivity contribution in [3.05, 3.63) is 59.7 Å². The minimum Gasteiger partial charge on any atom is -0.465 e. The van der Waals surface area contributed by atoms with Gasteiger partial charge >= 0.3 is 5.97 Å². The van der Waals surface area contributed by atoms with E-state index in [2.05, 4.69) is 14.8 Å². The summed E-state index contributed by atoms with van der Waals surface area (Å²) in [5.74, 6) is -0.860. The first kappa shape index (κ1) is 19.6. The maximum Gasteiger partial charge on any atom is 0.337 e. The highest BCUT2D eigenvalue weighted by atomic mass is 32.2. The van der Waals surface area contributed by atoms with Gasteiger partial charge in [0.2, 0.25) is 10.0 Å². The molecule has 26 heavy (non-hydrogen) atoms. The van der Waals surface area contributed by atoms with Gasteiger partial charge in [0.1, 0.15) is 0 Å². The van der Waals surface area contributed by atoms with Crippen molar-refractivity contribution in [3.8, 4) is 0 Å². The van der Waals surface area contributed by atoms with E-state index in [4.69, 9.17) is 0 Å². The lowest BCUT2D eigenvalue weighted by Gasteiger charge is -2.10. The van der Waals surface area contributed by atoms with Crippen LogP contribution in [0, 0.1) is 0 Å². The van der Waals surface area contributed by atoms with Crippen molar-refractivity contribution in [2.45, 2.75) is 24.8 Å². The third-order valence-electron chi connectivity index (χ3n) is 3.38. The molecule has 0 atom stereocenters. The average Bonchev–Trinajstić information content (AvgIpc) is 2.60. The minimum atomic E-state index is -3.58. The van der Waals surface area contributed by atoms with E-state index < -0.39 is 16.0 Å². The molecular weight excluding hydrogens is 356 g/mol. The summed E-state index contributed by atoms with van der Waals surface area (Å²) in [7, 11) is -2.30. The first-order valence-corrected chi connectivity index (χ1v) is 9.33. The average molecular weight is 376 g/mol. The molecule has 0 saturated carbocycles. The van der Waals surface area contributed by atoms with Crippen LogP contribution in [0.15, 0.2) is 53.4 Å². The molecule has 0 fully saturated rings. The van der Waals surface area contributed by atoms with Gasteiger partial charge in [-0.05, 0) is 62.4 Å². The summed E-state index contributed by atoms with van der Waals surface area (Å²) >= 11 is 0. The molecule has 0 aliphatic carbocycles. The Kier molecular flexibility index (Phi) is 6.12. The Morgan fingerprint density at radius 1 is 0.923 bits per heavy atom. The van der Waals surface area contributed by atoms with Gasteiger partial charge in [-0.2, -0.15) is 0 Å². The summed E-state index contributed by atoms with van der Waals surface area (Å²) in [6.07, 6.45) is 0. The number of amides is 1. The molecule has 0 bridgehead atoms. The molecule has 2 aromatic carbocycles. The molecule has 2 rings (SSSR count). The third kappa shape index (κ3) is 4.90. The fraction of sp³-hybridized carbons (Fsp3) is 0.222. The highest BCUT2D eigenvalue weighted by Gasteiger charge is 2.15. The number of ether oxygens (including phenoxy) is 1. The normalized spacial score (nSPS) is 11.2. The Hall–Kier alpha value is -2.71. The van der Waals surface area contributed by atoms with E-state index >= 15 is 0 Å². The van der Waals surface area contributed by atoms with Crippen molar-refractivity contribution >= 4 is 27.6 Å². The molecule has 0 aliphatic heterocycles. The molecule has 0 aromatic heterocycles. The third-order valence-corrected chi connectivity index (χ3v) is 5.06. The molecule has 0 radical (unpaired) electrons. The smallest absolute Gasteiger partial charge is 0.337 e. The summed E-state index contributed by atoms with van der Waals surface area (Å²) in [6.45, 7) is 3.47. The van der Waals surface area contributed by atoms with E-state index in [1.54, 1.807) is 13.8 Å². The molecule has 1 amide bonds. The largest absolute Gasteiger partial charge is 0.465 e. The van der Waals surface area contributed by atoms with E-state index in [0.29, 0.717) is 16.8 Å². The summed E-state index contributed by atoms with van der Waals surface area (Å²) < 4.78 is 31.2. The summed E-state index contributed by atoms with van der Waals surface area (Å²) in [6, 6.07) is 11.6. The zero-order valence-corrected chi connectivity index (χ0v) is 15.5. The van der Waals surface area contributed by atoms with Crippen molar-refractivity contribution < 1.29 is 22.7 Å². The van der Waals surface area contributed by atoms with Gasteiger partial charge < -0.3 is 10.1 Å². The van der Waals surface area contributed by atoms with Gasteiger partial charge in [0, 0.05) is 17.3 Å². The van der Waals surface area contributed by atoms with Crippen LogP contribution in [0.25, 0.3) is 0 Å². The van der Waals surface area contributed by atoms with Crippen LogP contribution in [0.4, 0.5) is 5.69 Å². The second kappa shape index (κ2) is 8.11. The predicted molar refractivity (Wildman–Crippen MR) is 97.6 cm³/mol. The molecule has 138 valence electrons. The van der Waals surface area contributed by atoms with Crippen LogP contribution in [-0.4, -0.2) is 33.4 Å². The predicted octanol–water partition coefficient (Wildman–Crippen LogP) is 2.41. The summed E-state index contributed by atoms with van der Waals surface area (Å²) in [5.41, 5.74) is 1.16. The van der Waals surface area contributed by atoms with E-state index in [-0.39, 0.29) is 16.8 Å². The van der Waals surface area contributed by atoms with Crippen molar-refractivity contribution in [1.82, 2.24) is 4.72 Å². The Morgan fingerprint density at radius 3 is 1.96 bits per heavy atom. The number of hydrogen-bond acceptors (Lipinski definition) is 5. The second-order valence-electron chi connectivity index (χ2n) is 5.82. The maximum absolute atomic E-state index is 12.2. The summed E-state index contributed by atoms with van der Waals surface area (Å²) in [4.78, 5) is 23.7. The molecular formula is C18H20N2O5S. The van der Waals surface area contributed by atoms with Crippen molar-refractivity contribution in [1.29, 1.82) is 0 Å². The summed E-state index contributed by atoms with van der Waals surface area (Å²) in [5, 5.41) is 2.67. The monoisotopic (exact) mass is 376 g/mol. The van der Waals surface area contributed by atoms with E-state index in [0.717, 1.165) is 0 Å². The van der Waals surface area contributed by atoms with E-state index in [1.807, 2.05) is 0 Å². The van der Waals surface area contributed by atoms with Crippen molar-refractivity contribution in [2.75, 3.05) is 12.4 Å². The van der Waals surface area contributed by atoms with Crippen LogP contribution >= 0.6 is 0 Å². The molecule has 0 heterocycles. The first-order valence-electron chi connectivity index (χ1n) is 7.85. The van der Waals surface area contributed by atoms with Gasteiger partial charge in [-0.1, -0.05) is 0 Å². The van der Waals surface area contributed by atoms with Crippen molar-refractivity contribution in [2.24, 2.45) is 0 Å². The maximum atomic E-state index is 12.2. The fourth-order valence-corrected chi connectivity index (χ4v) is 3.43. The highest BCUT2D eigenvalue weighted by molar-refractivity contribution is 7.89. The Bertz CT molecular complexity index is 888. The lowest BCUT2D eigenvalue weighted by atomic mass is 10.1. The first-order chi connectivity index (χ1) is 12.2. The number of anilines is 1. The van der Waals surface area contributed by atoms with Crippen molar-refractivity contribution in [3.63, 3.8) is 0 Å². The minimum absolute atomic E-state index is 0.117. The van der Waals surface area contributed by atoms with Crippen LogP contribution in [-0.2, 0) is 14.8 Å². The molecule has 0 unspecified atom stereocenters. The van der Waals surface area contributed by atoms with Crippen LogP contribution < -0.4 is 10.0 Å². The Balaban J connectivity index is 2.09. The van der Waals surface area contributed by atoms with Crippen LogP contribution in [0.2, 0.25) is 0 Å². The lowest BCUT2D eigenvalue weighted by molar-refractivity contribution is 0.0600. The molecule has 2 aromatic rings. The van der Waals surface area contributed by atoms with Crippen LogP contribution in [0.1, 0.15) is 34.6 Å². The number of esters is 1. The number of sulfonamides is 1. The number of carbonyl (C=O) groups excluding carboxylic acids is 2. The van der Waals surface area contributed by atoms with E-state index in [9.17, 15) is 18.0 Å². The number of nitrogens with one attached hydrogen (secondary N) is 2. The SMILES string of the molecule is COC(=O)c1ccc(C(=O)Nc2ccc(S(=O)(=O)NC(C)C)cc2)cc1. The topological polar surface area (TPSA) is 102 Å². The second-order valence-corrected chi connectivity index (χ2v) is 7.54. The zero-order chi connectivity index (χ0) is 19.3. The fourth-order valence-electron chi connectivity index (χ4n) is 2.17. The highest BCUT2D eigenvalue weighted by Crippen LogP contribution is 2.16. The molecule has 0 aliphatic rings. The van der Waals surface area contributed by atoms with Gasteiger partial charge in [0.05, 0.1) is 17.6 Å². The number of hydrogen-bond donors (Lipinski definition) is 2. The van der Waals surface area contributed by atoms with Gasteiger partial charge in [0.25, 0.3) is 5.91 Å². The van der Waals surface area contributed by atoms with Crippen LogP contribution in [0.3, 0.4) is 0 Å². The van der Waals surface area contributed by atoms with Gasteiger partial charge in [-0.3, -0.25) is 4.79 Å². The number of benzene rings is 2. The molecule has 7 nitrogen and oxygen atoms in total. The van der Waals surface area contributed by atoms with E-state index in [1.165, 1.54) is 55.6 Å². The molecule has 0 spiro atoms. The van der Waals surface area contributed by atoms with Crippen LogP contribution in [0.5, 0.6) is 0 Å². The Labute approximate surface area is 152 Å². The van der Waals surface area contributed by atoms with Gasteiger partial charge in [0.15, 0.2) is 0 Å². The zero-order valence-electron chi connectivity index (χ0n) is 14.6. The molecule has 8 heteroatoms. The Morgan fingerprint density at radius 2 is 1.46 bits per heavy atom. The number of rotatable bonds is 6. The number of carbonyl (C=O) groups is 2. The standard InChI is InChI=1S/C18H20N2O5S/c1-12(2)20-26(23,24)16-10-8-15(9-11-16)19-17(21)13-4-6-14(7-5-13)18(22)25-3/h4-12,20H,1-3H3,(H,19,21). The molecule has 2 N–H and O–H groups in total. The lowest BCUT2D eigenvalue weighted by Crippen LogP contribution is -2.30.